The lowest BCUT2D eigenvalue weighted by Gasteiger charge is -2.24. The Morgan fingerprint density at radius 3 is 2.81 bits per heavy atom. The number of nitrogens with zero attached hydrogens (tertiary/aromatic N) is 1. The van der Waals surface area contributed by atoms with Crippen LogP contribution in [0.3, 0.4) is 0 Å². The lowest BCUT2D eigenvalue weighted by atomic mass is 9.89. The summed E-state index contributed by atoms with van der Waals surface area (Å²) in [6.45, 7) is 9.22. The number of hydrogen-bond donors (Lipinski definition) is 2. The van der Waals surface area contributed by atoms with E-state index in [0.717, 1.165) is 31.8 Å². The molecule has 0 unspecified atom stereocenters. The van der Waals surface area contributed by atoms with Gasteiger partial charge in [-0.1, -0.05) is 13.8 Å². The first-order valence-corrected chi connectivity index (χ1v) is 5.74. The highest BCUT2D eigenvalue weighted by molar-refractivity contribution is 5.13. The van der Waals surface area contributed by atoms with E-state index in [9.17, 15) is 0 Å². The first-order chi connectivity index (χ1) is 7.55. The van der Waals surface area contributed by atoms with Crippen LogP contribution in [0.25, 0.3) is 0 Å². The van der Waals surface area contributed by atoms with Crippen molar-refractivity contribution in [3.8, 4) is 0 Å². The van der Waals surface area contributed by atoms with E-state index in [0.29, 0.717) is 0 Å². The molecule has 0 saturated heterocycles. The average Bonchev–Trinajstić information content (AvgIpc) is 2.62. The number of hydrogen-bond acceptors (Lipinski definition) is 3. The lowest BCUT2D eigenvalue weighted by molar-refractivity contribution is 0.150. The van der Waals surface area contributed by atoms with Crippen molar-refractivity contribution in [1.29, 1.82) is 0 Å². The lowest BCUT2D eigenvalue weighted by Crippen LogP contribution is -2.30. The summed E-state index contributed by atoms with van der Waals surface area (Å²) in [4.78, 5) is 0. The zero-order chi connectivity index (χ0) is 12.0. The van der Waals surface area contributed by atoms with Crippen molar-refractivity contribution in [2.24, 2.45) is 5.41 Å². The Hall–Kier alpha value is -0.870. The fourth-order valence-electron chi connectivity index (χ4n) is 1.56. The van der Waals surface area contributed by atoms with Crippen LogP contribution in [0.2, 0.25) is 0 Å². The summed E-state index contributed by atoms with van der Waals surface area (Å²) in [7, 11) is 1.75. The number of H-pyrrole nitrogens is 1. The molecule has 0 aromatic carbocycles. The molecule has 0 radical (unpaired) electrons. The topological polar surface area (TPSA) is 49.9 Å². The van der Waals surface area contributed by atoms with Gasteiger partial charge in [-0.25, -0.2) is 0 Å². The van der Waals surface area contributed by atoms with Gasteiger partial charge < -0.3 is 10.1 Å². The maximum absolute atomic E-state index is 5.11. The van der Waals surface area contributed by atoms with Gasteiger partial charge in [0, 0.05) is 38.1 Å². The normalized spacial score (nSPS) is 12.0. The molecular weight excluding hydrogens is 202 g/mol. The number of aryl methyl sites for hydroxylation is 1. The quantitative estimate of drug-likeness (QED) is 0.745. The summed E-state index contributed by atoms with van der Waals surface area (Å²) in [5.41, 5.74) is 2.65. The molecule has 0 amide bonds. The number of aromatic amines is 1. The predicted molar refractivity (Wildman–Crippen MR) is 65.3 cm³/mol. The maximum atomic E-state index is 5.11. The van der Waals surface area contributed by atoms with Gasteiger partial charge in [0.1, 0.15) is 0 Å². The molecule has 2 N–H and O–H groups in total. The second-order valence-corrected chi connectivity index (χ2v) is 5.03. The van der Waals surface area contributed by atoms with Crippen LogP contribution in [0.1, 0.15) is 31.5 Å². The van der Waals surface area contributed by atoms with Crippen LogP contribution in [0.4, 0.5) is 0 Å². The Kier molecular flexibility index (Phi) is 4.96. The van der Waals surface area contributed by atoms with Crippen molar-refractivity contribution in [3.05, 3.63) is 17.5 Å². The molecule has 4 nitrogen and oxygen atoms in total. The molecule has 0 aliphatic rings. The fraction of sp³-hybridized carbons (Fsp3) is 0.750. The van der Waals surface area contributed by atoms with Gasteiger partial charge in [-0.2, -0.15) is 5.10 Å². The van der Waals surface area contributed by atoms with Crippen molar-refractivity contribution in [2.75, 3.05) is 20.3 Å². The summed E-state index contributed by atoms with van der Waals surface area (Å²) in [5, 5.41) is 10.4. The van der Waals surface area contributed by atoms with Crippen LogP contribution in [0.15, 0.2) is 6.20 Å². The zero-order valence-electron chi connectivity index (χ0n) is 10.8. The van der Waals surface area contributed by atoms with Crippen LogP contribution in [0, 0.1) is 12.3 Å². The minimum atomic E-state index is 0.271. The van der Waals surface area contributed by atoms with Crippen molar-refractivity contribution < 1.29 is 4.74 Å². The molecule has 1 rings (SSSR count). The third-order valence-corrected chi connectivity index (χ3v) is 2.84. The number of nitrogens with one attached hydrogen (secondary N) is 2. The van der Waals surface area contributed by atoms with E-state index in [1.54, 1.807) is 7.11 Å². The molecule has 0 aliphatic carbocycles. The third kappa shape index (κ3) is 4.33. The van der Waals surface area contributed by atoms with Crippen LogP contribution in [0.5, 0.6) is 0 Å². The highest BCUT2D eigenvalue weighted by atomic mass is 16.5. The number of rotatable bonds is 7. The summed E-state index contributed by atoms with van der Waals surface area (Å²) < 4.78 is 5.11. The molecule has 1 heterocycles. The van der Waals surface area contributed by atoms with Gasteiger partial charge in [0.15, 0.2) is 0 Å². The van der Waals surface area contributed by atoms with E-state index in [2.05, 4.69) is 29.4 Å². The Morgan fingerprint density at radius 2 is 2.25 bits per heavy atom. The summed E-state index contributed by atoms with van der Waals surface area (Å²) in [6, 6.07) is 0. The minimum Gasteiger partial charge on any atom is -0.385 e. The molecular formula is C12H23N3O. The Morgan fingerprint density at radius 1 is 1.50 bits per heavy atom. The van der Waals surface area contributed by atoms with Gasteiger partial charge in [0.25, 0.3) is 0 Å². The molecule has 1 aromatic rings. The van der Waals surface area contributed by atoms with Crippen molar-refractivity contribution in [3.63, 3.8) is 0 Å². The van der Waals surface area contributed by atoms with E-state index in [1.807, 2.05) is 13.1 Å². The summed E-state index contributed by atoms with van der Waals surface area (Å²) in [5.74, 6) is 0. The van der Waals surface area contributed by atoms with Crippen LogP contribution in [-0.4, -0.2) is 30.5 Å². The number of ether oxygens (including phenoxy) is 1. The van der Waals surface area contributed by atoms with E-state index in [4.69, 9.17) is 4.74 Å². The van der Waals surface area contributed by atoms with Gasteiger partial charge >= 0.3 is 0 Å². The fourth-order valence-corrected chi connectivity index (χ4v) is 1.56. The first-order valence-electron chi connectivity index (χ1n) is 5.74. The van der Waals surface area contributed by atoms with Gasteiger partial charge in [-0.15, -0.1) is 0 Å². The number of aromatic nitrogens is 2. The van der Waals surface area contributed by atoms with Crippen LogP contribution >= 0.6 is 0 Å². The monoisotopic (exact) mass is 225 g/mol. The van der Waals surface area contributed by atoms with Gasteiger partial charge in [-0.3, -0.25) is 5.10 Å². The van der Waals surface area contributed by atoms with Gasteiger partial charge in [0.05, 0.1) is 6.20 Å². The predicted octanol–water partition coefficient (Wildman–Crippen LogP) is 1.87. The smallest absolute Gasteiger partial charge is 0.0535 e. The van der Waals surface area contributed by atoms with E-state index in [-0.39, 0.29) is 5.41 Å². The second-order valence-electron chi connectivity index (χ2n) is 5.03. The zero-order valence-corrected chi connectivity index (χ0v) is 10.8. The largest absolute Gasteiger partial charge is 0.385 e. The maximum Gasteiger partial charge on any atom is 0.0535 e. The van der Waals surface area contributed by atoms with Gasteiger partial charge in [-0.05, 0) is 18.8 Å². The number of methoxy groups -OCH3 is 1. The first kappa shape index (κ1) is 13.2. The third-order valence-electron chi connectivity index (χ3n) is 2.84. The SMILES string of the molecule is COCCC(C)(C)CNCc1cn[nH]c1C. The highest BCUT2D eigenvalue weighted by Gasteiger charge is 2.16. The van der Waals surface area contributed by atoms with Crippen molar-refractivity contribution in [2.45, 2.75) is 33.7 Å². The molecule has 0 aliphatic heterocycles. The summed E-state index contributed by atoms with van der Waals surface area (Å²) in [6.07, 6.45) is 2.95. The van der Waals surface area contributed by atoms with Crippen LogP contribution in [-0.2, 0) is 11.3 Å². The van der Waals surface area contributed by atoms with E-state index < -0.39 is 0 Å². The van der Waals surface area contributed by atoms with Crippen molar-refractivity contribution >= 4 is 0 Å². The summed E-state index contributed by atoms with van der Waals surface area (Å²) >= 11 is 0. The van der Waals surface area contributed by atoms with E-state index >= 15 is 0 Å². The van der Waals surface area contributed by atoms with Crippen LogP contribution < -0.4 is 5.32 Å². The Bertz CT molecular complexity index is 307. The van der Waals surface area contributed by atoms with E-state index in [1.165, 1.54) is 5.56 Å². The average molecular weight is 225 g/mol. The molecule has 0 fully saturated rings. The Balaban J connectivity index is 2.27. The molecule has 92 valence electrons. The standard InChI is InChI=1S/C12H23N3O/c1-10-11(8-14-15-10)7-13-9-12(2,3)5-6-16-4/h8,13H,5-7,9H2,1-4H3,(H,14,15). The van der Waals surface area contributed by atoms with Crippen molar-refractivity contribution in [1.82, 2.24) is 15.5 Å². The molecule has 0 saturated carbocycles. The molecule has 4 heteroatoms. The highest BCUT2D eigenvalue weighted by Crippen LogP contribution is 2.18. The Labute approximate surface area is 97.8 Å². The minimum absolute atomic E-state index is 0.271. The molecule has 1 aromatic heterocycles. The molecule has 0 atom stereocenters. The molecule has 16 heavy (non-hydrogen) atoms. The second kappa shape index (κ2) is 6.01. The molecule has 0 bridgehead atoms. The van der Waals surface area contributed by atoms with Gasteiger partial charge in [0.2, 0.25) is 0 Å². The molecule has 0 spiro atoms.